The molecule has 4 nitrogen and oxygen atoms in total. The van der Waals surface area contributed by atoms with Gasteiger partial charge in [-0.1, -0.05) is 0 Å². The second kappa shape index (κ2) is 4.65. The Hall–Kier alpha value is -0.750. The van der Waals surface area contributed by atoms with Crippen LogP contribution in [0.4, 0.5) is 10.5 Å². The first-order chi connectivity index (χ1) is 6.54. The highest BCUT2D eigenvalue weighted by atomic mass is 79.9. The number of carbonyl (C=O) groups excluding carboxylic acids is 1. The van der Waals surface area contributed by atoms with Gasteiger partial charge in [0.25, 0.3) is 0 Å². The Morgan fingerprint density at radius 2 is 1.86 bits per heavy atom. The van der Waals surface area contributed by atoms with Crippen molar-refractivity contribution >= 4 is 43.7 Å². The van der Waals surface area contributed by atoms with Crippen LogP contribution in [0.5, 0.6) is 5.75 Å². The summed E-state index contributed by atoms with van der Waals surface area (Å²) >= 11 is 6.43. The third-order valence-corrected chi connectivity index (χ3v) is 2.55. The van der Waals surface area contributed by atoms with Crippen LogP contribution in [0.2, 0.25) is 0 Å². The maximum absolute atomic E-state index is 10.9. The van der Waals surface area contributed by atoms with E-state index in [1.807, 2.05) is 0 Å². The normalized spacial score (nSPS) is 9.64. The summed E-state index contributed by atoms with van der Waals surface area (Å²) in [6, 6.07) is 3.26. The maximum atomic E-state index is 10.9. The molecule has 0 fully saturated rings. The van der Waals surface area contributed by atoms with E-state index in [1.165, 1.54) is 7.11 Å². The molecule has 0 aliphatic carbocycles. The van der Waals surface area contributed by atoms with Crippen molar-refractivity contribution in [2.24, 2.45) is 0 Å². The van der Waals surface area contributed by atoms with Crippen molar-refractivity contribution in [1.82, 2.24) is 0 Å². The van der Waals surface area contributed by atoms with Crippen LogP contribution in [0.1, 0.15) is 0 Å². The van der Waals surface area contributed by atoms with Gasteiger partial charge in [0.1, 0.15) is 0 Å². The molecular weight excluding hydrogens is 318 g/mol. The fraction of sp³-hybridized carbons (Fsp3) is 0.125. The molecule has 0 bridgehead atoms. The molecule has 0 aliphatic heterocycles. The molecule has 0 atom stereocenters. The number of benzene rings is 1. The first kappa shape index (κ1) is 11.3. The summed E-state index contributed by atoms with van der Waals surface area (Å²) in [5.74, 6) is 0.339. The van der Waals surface area contributed by atoms with Crippen LogP contribution in [0, 0.1) is 0 Å². The molecule has 0 aromatic heterocycles. The highest BCUT2D eigenvalue weighted by Gasteiger charge is 2.12. The summed E-state index contributed by atoms with van der Waals surface area (Å²) in [6.45, 7) is 0. The summed E-state index contributed by atoms with van der Waals surface area (Å²) in [4.78, 5) is 10.9. The molecular formula is C8H7Br2NO3. The van der Waals surface area contributed by atoms with Crippen LogP contribution >= 0.6 is 31.9 Å². The Bertz CT molecular complexity index is 345. The number of halogens is 2. The number of methoxy groups -OCH3 is 1. The smallest absolute Gasteiger partial charge is 0.437 e. The lowest BCUT2D eigenvalue weighted by Crippen LogP contribution is -2.08. The van der Waals surface area contributed by atoms with Gasteiger partial charge >= 0.3 is 6.16 Å². The van der Waals surface area contributed by atoms with E-state index < -0.39 is 6.16 Å². The van der Waals surface area contributed by atoms with Gasteiger partial charge in [-0.05, 0) is 44.0 Å². The van der Waals surface area contributed by atoms with Crippen LogP contribution in [0.15, 0.2) is 21.1 Å². The van der Waals surface area contributed by atoms with Crippen LogP contribution in [-0.4, -0.2) is 13.3 Å². The first-order valence-electron chi connectivity index (χ1n) is 3.55. The Labute approximate surface area is 97.6 Å². The van der Waals surface area contributed by atoms with Crippen molar-refractivity contribution in [3.05, 3.63) is 21.1 Å². The van der Waals surface area contributed by atoms with Crippen molar-refractivity contribution in [2.45, 2.75) is 0 Å². The maximum Gasteiger partial charge on any atom is 0.513 e. The molecule has 1 aromatic carbocycles. The number of ether oxygens (including phenoxy) is 2. The second-order valence-corrected chi connectivity index (χ2v) is 4.08. The highest BCUT2D eigenvalue weighted by molar-refractivity contribution is 9.11. The monoisotopic (exact) mass is 323 g/mol. The molecule has 0 saturated heterocycles. The van der Waals surface area contributed by atoms with Gasteiger partial charge in [-0.2, -0.15) is 0 Å². The zero-order valence-electron chi connectivity index (χ0n) is 7.21. The highest BCUT2D eigenvalue weighted by Crippen LogP contribution is 2.35. The Balaban J connectivity index is 3.02. The zero-order valence-corrected chi connectivity index (χ0v) is 10.4. The van der Waals surface area contributed by atoms with E-state index in [2.05, 4.69) is 36.6 Å². The average molecular weight is 325 g/mol. The summed E-state index contributed by atoms with van der Waals surface area (Å²) in [5, 5.41) is 0. The van der Waals surface area contributed by atoms with E-state index in [0.717, 1.165) is 0 Å². The van der Waals surface area contributed by atoms with E-state index in [0.29, 0.717) is 20.4 Å². The van der Waals surface area contributed by atoms with Crippen molar-refractivity contribution < 1.29 is 14.3 Å². The van der Waals surface area contributed by atoms with Crippen LogP contribution in [-0.2, 0) is 4.74 Å². The van der Waals surface area contributed by atoms with Crippen molar-refractivity contribution in [3.63, 3.8) is 0 Å². The minimum absolute atomic E-state index is 0.339. The van der Waals surface area contributed by atoms with Gasteiger partial charge in [0.2, 0.25) is 0 Å². The first-order valence-corrected chi connectivity index (χ1v) is 5.13. The predicted octanol–water partition coefficient (Wildman–Crippen LogP) is 2.94. The third-order valence-electron chi connectivity index (χ3n) is 1.37. The minimum atomic E-state index is -0.781. The molecule has 0 heterocycles. The molecule has 2 N–H and O–H groups in total. The lowest BCUT2D eigenvalue weighted by atomic mass is 10.3. The quantitative estimate of drug-likeness (QED) is 0.490. The fourth-order valence-corrected chi connectivity index (χ4v) is 2.19. The van der Waals surface area contributed by atoms with E-state index >= 15 is 0 Å². The lowest BCUT2D eigenvalue weighted by molar-refractivity contribution is 0.121. The molecule has 6 heteroatoms. The Morgan fingerprint density at radius 3 is 2.29 bits per heavy atom. The third kappa shape index (κ3) is 2.62. The van der Waals surface area contributed by atoms with Gasteiger partial charge in [0.15, 0.2) is 5.75 Å². The largest absolute Gasteiger partial charge is 0.513 e. The summed E-state index contributed by atoms with van der Waals surface area (Å²) in [7, 11) is 1.24. The number of nitrogen functional groups attached to an aromatic ring is 1. The molecule has 1 rings (SSSR count). The standard InChI is InChI=1S/C8H7Br2NO3/c1-13-8(12)14-7-5(9)2-4(11)3-6(7)10/h2-3H,11H2,1H3. The van der Waals surface area contributed by atoms with Crippen LogP contribution in [0.3, 0.4) is 0 Å². The molecule has 76 valence electrons. The molecule has 0 amide bonds. The van der Waals surface area contributed by atoms with Crippen molar-refractivity contribution in [1.29, 1.82) is 0 Å². The SMILES string of the molecule is COC(=O)Oc1c(Br)cc(N)cc1Br. The number of nitrogens with two attached hydrogens (primary N) is 1. The van der Waals surface area contributed by atoms with E-state index in [9.17, 15) is 4.79 Å². The van der Waals surface area contributed by atoms with Gasteiger partial charge in [-0.3, -0.25) is 0 Å². The molecule has 0 radical (unpaired) electrons. The summed E-state index contributed by atoms with van der Waals surface area (Å²) in [6.07, 6.45) is -0.781. The van der Waals surface area contributed by atoms with Gasteiger partial charge in [0, 0.05) is 5.69 Å². The average Bonchev–Trinajstić information content (AvgIpc) is 2.10. The lowest BCUT2D eigenvalue weighted by Gasteiger charge is -2.07. The minimum Gasteiger partial charge on any atom is -0.437 e. The number of rotatable bonds is 1. The Kier molecular flexibility index (Phi) is 3.77. The molecule has 1 aromatic rings. The van der Waals surface area contributed by atoms with Crippen LogP contribution in [0.25, 0.3) is 0 Å². The molecule has 14 heavy (non-hydrogen) atoms. The predicted molar refractivity (Wildman–Crippen MR) is 59.3 cm³/mol. The van der Waals surface area contributed by atoms with E-state index in [1.54, 1.807) is 12.1 Å². The summed E-state index contributed by atoms with van der Waals surface area (Å²) < 4.78 is 10.4. The zero-order chi connectivity index (χ0) is 10.7. The number of hydrogen-bond acceptors (Lipinski definition) is 4. The fourth-order valence-electron chi connectivity index (χ4n) is 0.802. The van der Waals surface area contributed by atoms with Gasteiger partial charge in [0.05, 0.1) is 16.1 Å². The van der Waals surface area contributed by atoms with Gasteiger partial charge in [-0.25, -0.2) is 4.79 Å². The van der Waals surface area contributed by atoms with E-state index in [-0.39, 0.29) is 0 Å². The van der Waals surface area contributed by atoms with Gasteiger partial charge in [-0.15, -0.1) is 0 Å². The van der Waals surface area contributed by atoms with Crippen molar-refractivity contribution in [2.75, 3.05) is 12.8 Å². The number of carbonyl (C=O) groups is 1. The number of hydrogen-bond donors (Lipinski definition) is 1. The Morgan fingerprint density at radius 1 is 1.36 bits per heavy atom. The summed E-state index contributed by atoms with van der Waals surface area (Å²) in [5.41, 5.74) is 6.12. The number of anilines is 1. The molecule has 0 spiro atoms. The van der Waals surface area contributed by atoms with E-state index in [4.69, 9.17) is 10.5 Å². The molecule has 0 aliphatic rings. The molecule has 0 saturated carbocycles. The van der Waals surface area contributed by atoms with Crippen molar-refractivity contribution in [3.8, 4) is 5.75 Å². The van der Waals surface area contributed by atoms with Gasteiger partial charge < -0.3 is 15.2 Å². The van der Waals surface area contributed by atoms with Crippen LogP contribution < -0.4 is 10.5 Å². The second-order valence-electron chi connectivity index (χ2n) is 2.37. The molecule has 0 unspecified atom stereocenters. The topological polar surface area (TPSA) is 61.5 Å².